The van der Waals surface area contributed by atoms with Gasteiger partial charge in [0, 0.05) is 26.1 Å². The fourth-order valence-electron chi connectivity index (χ4n) is 4.99. The molecule has 28 heavy (non-hydrogen) atoms. The summed E-state index contributed by atoms with van der Waals surface area (Å²) >= 11 is 0. The van der Waals surface area contributed by atoms with E-state index in [2.05, 4.69) is 19.1 Å². The van der Waals surface area contributed by atoms with Gasteiger partial charge in [-0.15, -0.1) is 0 Å². The second kappa shape index (κ2) is 7.90. The lowest BCUT2D eigenvalue weighted by Gasteiger charge is -2.24. The van der Waals surface area contributed by atoms with Crippen LogP contribution in [0, 0.1) is 23.7 Å². The van der Waals surface area contributed by atoms with E-state index in [1.54, 1.807) is 0 Å². The van der Waals surface area contributed by atoms with E-state index in [4.69, 9.17) is 0 Å². The zero-order chi connectivity index (χ0) is 19.7. The topological polar surface area (TPSA) is 57.7 Å². The summed E-state index contributed by atoms with van der Waals surface area (Å²) in [5.41, 5.74) is 1.09. The van der Waals surface area contributed by atoms with E-state index in [-0.39, 0.29) is 54.4 Å². The summed E-state index contributed by atoms with van der Waals surface area (Å²) in [5, 5.41) is 0. The lowest BCUT2D eigenvalue weighted by molar-refractivity contribution is -0.141. The van der Waals surface area contributed by atoms with Gasteiger partial charge in [0.25, 0.3) is 0 Å². The van der Waals surface area contributed by atoms with Crippen LogP contribution in [0.1, 0.15) is 38.2 Å². The zero-order valence-corrected chi connectivity index (χ0v) is 16.4. The summed E-state index contributed by atoms with van der Waals surface area (Å²) in [6.45, 7) is 3.58. The molecular formula is C23H28N2O3. The highest BCUT2D eigenvalue weighted by molar-refractivity contribution is 6.06. The van der Waals surface area contributed by atoms with Crippen molar-refractivity contribution >= 4 is 17.7 Å². The van der Waals surface area contributed by atoms with E-state index in [1.807, 2.05) is 35.2 Å². The van der Waals surface area contributed by atoms with Gasteiger partial charge in [0.1, 0.15) is 0 Å². The molecule has 1 saturated heterocycles. The van der Waals surface area contributed by atoms with Crippen LogP contribution in [0.5, 0.6) is 0 Å². The van der Waals surface area contributed by atoms with Gasteiger partial charge in [-0.2, -0.15) is 0 Å². The van der Waals surface area contributed by atoms with Crippen LogP contribution in [-0.4, -0.2) is 40.6 Å². The van der Waals surface area contributed by atoms with E-state index in [0.717, 1.165) is 24.8 Å². The maximum absolute atomic E-state index is 12.9. The van der Waals surface area contributed by atoms with Gasteiger partial charge in [0.15, 0.2) is 0 Å². The first-order valence-corrected chi connectivity index (χ1v) is 10.5. The maximum Gasteiger partial charge on any atom is 0.233 e. The molecule has 2 aliphatic carbocycles. The molecule has 1 aromatic carbocycles. The summed E-state index contributed by atoms with van der Waals surface area (Å²) in [6, 6.07) is 9.94. The van der Waals surface area contributed by atoms with Crippen molar-refractivity contribution in [2.45, 2.75) is 39.2 Å². The Morgan fingerprint density at radius 2 is 1.71 bits per heavy atom. The van der Waals surface area contributed by atoms with Crippen LogP contribution in [0.4, 0.5) is 0 Å². The monoisotopic (exact) mass is 380 g/mol. The molecule has 5 heteroatoms. The molecule has 4 rings (SSSR count). The third-order valence-corrected chi connectivity index (χ3v) is 6.46. The van der Waals surface area contributed by atoms with Crippen molar-refractivity contribution in [2.75, 3.05) is 13.1 Å². The van der Waals surface area contributed by atoms with Crippen molar-refractivity contribution in [1.82, 2.24) is 9.80 Å². The number of allylic oxidation sites excluding steroid dienone is 2. The fourth-order valence-corrected chi connectivity index (χ4v) is 4.99. The number of nitrogens with zero attached hydrogens (tertiary/aromatic N) is 2. The third kappa shape index (κ3) is 3.38. The molecular weight excluding hydrogens is 352 g/mol. The second-order valence-corrected chi connectivity index (χ2v) is 8.23. The van der Waals surface area contributed by atoms with E-state index in [0.29, 0.717) is 13.1 Å². The summed E-state index contributed by atoms with van der Waals surface area (Å²) in [6.07, 6.45) is 7.29. The SMILES string of the molecule is CCCCN(Cc1ccccc1)C(=O)CCN1C(=O)[C@@H]2[C@H](C1=O)[C@H]1C=C[C@H]2C1. The minimum Gasteiger partial charge on any atom is -0.338 e. The third-order valence-electron chi connectivity index (χ3n) is 6.46. The average Bonchev–Trinajstić information content (AvgIpc) is 3.38. The molecule has 5 nitrogen and oxygen atoms in total. The predicted octanol–water partition coefficient (Wildman–Crippen LogP) is 3.01. The number of hydrogen-bond acceptors (Lipinski definition) is 3. The Bertz CT molecular complexity index is 758. The smallest absolute Gasteiger partial charge is 0.233 e. The number of fused-ring (bicyclic) bond motifs is 5. The van der Waals surface area contributed by atoms with Crippen molar-refractivity contribution < 1.29 is 14.4 Å². The van der Waals surface area contributed by atoms with Gasteiger partial charge in [-0.05, 0) is 30.2 Å². The summed E-state index contributed by atoms with van der Waals surface area (Å²) in [7, 11) is 0. The molecule has 1 saturated carbocycles. The Morgan fingerprint density at radius 1 is 1.07 bits per heavy atom. The lowest BCUT2D eigenvalue weighted by atomic mass is 9.85. The molecule has 4 atom stereocenters. The molecule has 3 amide bonds. The number of carbonyl (C=O) groups is 3. The molecule has 0 radical (unpaired) electrons. The highest BCUT2D eigenvalue weighted by Crippen LogP contribution is 2.52. The molecule has 2 bridgehead atoms. The molecule has 1 heterocycles. The van der Waals surface area contributed by atoms with Crippen molar-refractivity contribution in [2.24, 2.45) is 23.7 Å². The molecule has 1 aliphatic heterocycles. The number of unbranched alkanes of at least 4 members (excludes halogenated alkanes) is 1. The van der Waals surface area contributed by atoms with Crippen molar-refractivity contribution in [1.29, 1.82) is 0 Å². The van der Waals surface area contributed by atoms with Crippen molar-refractivity contribution in [3.8, 4) is 0 Å². The Kier molecular flexibility index (Phi) is 5.33. The van der Waals surface area contributed by atoms with Crippen LogP contribution in [0.15, 0.2) is 42.5 Å². The second-order valence-electron chi connectivity index (χ2n) is 8.23. The van der Waals surface area contributed by atoms with Gasteiger partial charge in [-0.1, -0.05) is 55.8 Å². The lowest BCUT2D eigenvalue weighted by Crippen LogP contribution is -2.38. The average molecular weight is 380 g/mol. The molecule has 0 spiro atoms. The van der Waals surface area contributed by atoms with Gasteiger partial charge >= 0.3 is 0 Å². The molecule has 0 aromatic heterocycles. The Hall–Kier alpha value is -2.43. The van der Waals surface area contributed by atoms with Gasteiger partial charge < -0.3 is 4.90 Å². The number of hydrogen-bond donors (Lipinski definition) is 0. The largest absolute Gasteiger partial charge is 0.338 e. The molecule has 0 N–H and O–H groups in total. The van der Waals surface area contributed by atoms with Gasteiger partial charge in [0.05, 0.1) is 11.8 Å². The predicted molar refractivity (Wildman–Crippen MR) is 106 cm³/mol. The quantitative estimate of drug-likeness (QED) is 0.515. The number of benzene rings is 1. The van der Waals surface area contributed by atoms with Crippen LogP contribution in [-0.2, 0) is 20.9 Å². The first kappa shape index (κ1) is 18.9. The van der Waals surface area contributed by atoms with E-state index < -0.39 is 0 Å². The van der Waals surface area contributed by atoms with Crippen LogP contribution in [0.2, 0.25) is 0 Å². The molecule has 0 unspecified atom stereocenters. The molecule has 2 fully saturated rings. The summed E-state index contributed by atoms with van der Waals surface area (Å²) < 4.78 is 0. The number of rotatable bonds is 8. The standard InChI is InChI=1S/C23H28N2O3/c1-2-3-12-24(15-16-7-5-4-6-8-16)19(26)11-13-25-22(27)20-17-9-10-18(14-17)21(20)23(25)28/h4-10,17-18,20-21H,2-3,11-15H2,1H3/t17-,18-,20-,21+/m0/s1. The van der Waals surface area contributed by atoms with Gasteiger partial charge in [-0.25, -0.2) is 0 Å². The zero-order valence-electron chi connectivity index (χ0n) is 16.4. The van der Waals surface area contributed by atoms with Crippen molar-refractivity contribution in [3.63, 3.8) is 0 Å². The highest BCUT2D eigenvalue weighted by atomic mass is 16.2. The van der Waals surface area contributed by atoms with E-state index in [1.165, 1.54) is 4.90 Å². The van der Waals surface area contributed by atoms with E-state index in [9.17, 15) is 14.4 Å². The van der Waals surface area contributed by atoms with Crippen molar-refractivity contribution in [3.05, 3.63) is 48.0 Å². The van der Waals surface area contributed by atoms with Crippen LogP contribution in [0.25, 0.3) is 0 Å². The van der Waals surface area contributed by atoms with Gasteiger partial charge in [0.2, 0.25) is 17.7 Å². The summed E-state index contributed by atoms with van der Waals surface area (Å²) in [4.78, 5) is 41.7. The number of likely N-dealkylation sites (tertiary alicyclic amines) is 1. The van der Waals surface area contributed by atoms with E-state index >= 15 is 0 Å². The highest BCUT2D eigenvalue weighted by Gasteiger charge is 2.59. The van der Waals surface area contributed by atoms with Crippen LogP contribution < -0.4 is 0 Å². The Balaban J connectivity index is 1.38. The Morgan fingerprint density at radius 3 is 2.32 bits per heavy atom. The number of carbonyl (C=O) groups excluding carboxylic acids is 3. The molecule has 148 valence electrons. The molecule has 3 aliphatic rings. The van der Waals surface area contributed by atoms with Gasteiger partial charge in [-0.3, -0.25) is 19.3 Å². The minimum absolute atomic E-state index is 0.0102. The fraction of sp³-hybridized carbons (Fsp3) is 0.522. The minimum atomic E-state index is -0.182. The molecule has 1 aromatic rings. The number of imide groups is 1. The summed E-state index contributed by atoms with van der Waals surface area (Å²) in [5.74, 6) is -0.0597. The first-order chi connectivity index (χ1) is 13.6. The van der Waals surface area contributed by atoms with Crippen LogP contribution >= 0.6 is 0 Å². The normalized spacial score (nSPS) is 27.5. The maximum atomic E-state index is 12.9. The Labute approximate surface area is 166 Å². The first-order valence-electron chi connectivity index (χ1n) is 10.5. The number of amides is 3. The van der Waals surface area contributed by atoms with Crippen LogP contribution in [0.3, 0.4) is 0 Å².